The Morgan fingerprint density at radius 3 is 2.92 bits per heavy atom. The van der Waals surface area contributed by atoms with E-state index in [1.54, 1.807) is 17.3 Å². The molecule has 1 saturated heterocycles. The van der Waals surface area contributed by atoms with E-state index in [-0.39, 0.29) is 18.3 Å². The number of fused-ring (bicyclic) bond motifs is 3. The van der Waals surface area contributed by atoms with Gasteiger partial charge in [-0.15, -0.1) is 0 Å². The number of benzene rings is 1. The Morgan fingerprint density at radius 1 is 1.23 bits per heavy atom. The van der Waals surface area contributed by atoms with Crippen LogP contribution in [-0.4, -0.2) is 48.9 Å². The molecule has 1 aliphatic heterocycles. The highest BCUT2D eigenvalue weighted by molar-refractivity contribution is 6.03. The maximum absolute atomic E-state index is 12.9. The maximum Gasteiger partial charge on any atom is 0.289 e. The summed E-state index contributed by atoms with van der Waals surface area (Å²) in [6.45, 7) is 0.740. The van der Waals surface area contributed by atoms with E-state index in [1.807, 2.05) is 36.4 Å². The van der Waals surface area contributed by atoms with Crippen molar-refractivity contribution in [2.45, 2.75) is 12.0 Å². The first kappa shape index (κ1) is 15.1. The number of rotatable bonds is 2. The van der Waals surface area contributed by atoms with Crippen molar-refractivity contribution in [1.29, 1.82) is 0 Å². The number of aromatic amines is 2. The number of aromatic nitrogens is 4. The summed E-state index contributed by atoms with van der Waals surface area (Å²) in [5, 5.41) is 11.8. The fraction of sp³-hybridized carbons (Fsp3) is 0.211. The van der Waals surface area contributed by atoms with Crippen LogP contribution in [0.3, 0.4) is 0 Å². The van der Waals surface area contributed by atoms with Crippen LogP contribution in [0.25, 0.3) is 22.1 Å². The highest BCUT2D eigenvalue weighted by Crippen LogP contribution is 2.32. The van der Waals surface area contributed by atoms with Crippen molar-refractivity contribution in [1.82, 2.24) is 24.8 Å². The molecule has 1 fully saturated rings. The number of hydrogen-bond donors (Lipinski definition) is 3. The fourth-order valence-electron chi connectivity index (χ4n) is 3.68. The minimum Gasteiger partial charge on any atom is -0.383 e. The van der Waals surface area contributed by atoms with Gasteiger partial charge < -0.3 is 20.0 Å². The van der Waals surface area contributed by atoms with Gasteiger partial charge in [-0.3, -0.25) is 4.79 Å². The fourth-order valence-corrected chi connectivity index (χ4v) is 3.68. The zero-order chi connectivity index (χ0) is 17.7. The van der Waals surface area contributed by atoms with Gasteiger partial charge in [0, 0.05) is 18.1 Å². The predicted molar refractivity (Wildman–Crippen MR) is 96.6 cm³/mol. The van der Waals surface area contributed by atoms with E-state index in [0.29, 0.717) is 18.5 Å². The molecule has 1 aliphatic rings. The summed E-state index contributed by atoms with van der Waals surface area (Å²) >= 11 is 0. The van der Waals surface area contributed by atoms with E-state index in [4.69, 9.17) is 0 Å². The topological polar surface area (TPSA) is 97.9 Å². The normalized spacial score (nSPS) is 20.3. The molecule has 4 heterocycles. The van der Waals surface area contributed by atoms with E-state index in [9.17, 15) is 9.90 Å². The van der Waals surface area contributed by atoms with E-state index in [0.717, 1.165) is 22.1 Å². The van der Waals surface area contributed by atoms with Crippen LogP contribution >= 0.6 is 0 Å². The molecule has 0 radical (unpaired) electrons. The van der Waals surface area contributed by atoms with Crippen molar-refractivity contribution < 1.29 is 9.90 Å². The van der Waals surface area contributed by atoms with Crippen molar-refractivity contribution in [3.63, 3.8) is 0 Å². The maximum atomic E-state index is 12.9. The smallest absolute Gasteiger partial charge is 0.289 e. The van der Waals surface area contributed by atoms with Gasteiger partial charge >= 0.3 is 0 Å². The van der Waals surface area contributed by atoms with Crippen molar-refractivity contribution in [2.24, 2.45) is 0 Å². The van der Waals surface area contributed by atoms with Crippen molar-refractivity contribution in [3.05, 3.63) is 60.2 Å². The number of H-pyrrole nitrogens is 2. The number of likely N-dealkylation sites (tertiary alicyclic amines) is 1. The molecule has 0 saturated carbocycles. The Hall–Kier alpha value is -3.19. The molecule has 4 aromatic rings. The van der Waals surface area contributed by atoms with Gasteiger partial charge in [0.2, 0.25) is 0 Å². The lowest BCUT2D eigenvalue weighted by Gasteiger charge is -2.23. The van der Waals surface area contributed by atoms with Crippen LogP contribution in [-0.2, 0) is 5.60 Å². The molecule has 1 aromatic carbocycles. The molecular formula is C19H17N5O2. The molecule has 130 valence electrons. The quantitative estimate of drug-likeness (QED) is 0.518. The van der Waals surface area contributed by atoms with Gasteiger partial charge in [-0.25, -0.2) is 9.97 Å². The summed E-state index contributed by atoms with van der Waals surface area (Å²) in [6, 6.07) is 11.4. The zero-order valence-electron chi connectivity index (χ0n) is 13.9. The SMILES string of the molecule is O=C(c1nc2cnc3[nH]ccc3c2[nH]1)N1CCC(O)(c2ccccc2)C1. The molecule has 3 aromatic heterocycles. The number of pyridine rings is 1. The van der Waals surface area contributed by atoms with E-state index in [2.05, 4.69) is 19.9 Å². The average molecular weight is 347 g/mol. The highest BCUT2D eigenvalue weighted by atomic mass is 16.3. The lowest BCUT2D eigenvalue weighted by Crippen LogP contribution is -2.34. The lowest BCUT2D eigenvalue weighted by atomic mass is 9.93. The Bertz CT molecular complexity index is 1120. The summed E-state index contributed by atoms with van der Waals surface area (Å²) in [7, 11) is 0. The molecular weight excluding hydrogens is 330 g/mol. The number of hydrogen-bond acceptors (Lipinski definition) is 4. The Balaban J connectivity index is 1.46. The minimum absolute atomic E-state index is 0.211. The standard InChI is InChI=1S/C19H17N5O2/c25-18(24-9-7-19(26,11-24)12-4-2-1-3-5-12)17-22-14-10-21-16-13(6-8-20-16)15(14)23-17/h1-6,8,10,26H,7,9,11H2,(H,20,21)(H,22,23). The van der Waals surface area contributed by atoms with Gasteiger partial charge in [0.05, 0.1) is 18.3 Å². The van der Waals surface area contributed by atoms with Crippen molar-refractivity contribution in [3.8, 4) is 0 Å². The molecule has 1 unspecified atom stereocenters. The van der Waals surface area contributed by atoms with Gasteiger partial charge in [-0.2, -0.15) is 0 Å². The largest absolute Gasteiger partial charge is 0.383 e. The predicted octanol–water partition coefficient (Wildman–Crippen LogP) is 2.17. The van der Waals surface area contributed by atoms with Crippen molar-refractivity contribution >= 4 is 28.0 Å². The summed E-state index contributed by atoms with van der Waals surface area (Å²) < 4.78 is 0. The average Bonchev–Trinajstić information content (AvgIpc) is 3.39. The molecule has 7 nitrogen and oxygen atoms in total. The van der Waals surface area contributed by atoms with Crippen LogP contribution in [0.15, 0.2) is 48.8 Å². The first-order chi connectivity index (χ1) is 12.6. The number of carbonyl (C=O) groups excluding carboxylic acids is 1. The van der Waals surface area contributed by atoms with Gasteiger partial charge in [0.25, 0.3) is 5.91 Å². The first-order valence-corrected chi connectivity index (χ1v) is 8.53. The third-order valence-corrected chi connectivity index (χ3v) is 5.09. The number of amides is 1. The molecule has 1 atom stereocenters. The number of imidazole rings is 1. The third kappa shape index (κ3) is 2.21. The van der Waals surface area contributed by atoms with Crippen LogP contribution < -0.4 is 0 Å². The van der Waals surface area contributed by atoms with Crippen molar-refractivity contribution in [2.75, 3.05) is 13.1 Å². The second kappa shape index (κ2) is 5.40. The van der Waals surface area contributed by atoms with E-state index < -0.39 is 5.60 Å². The molecule has 1 amide bonds. The Labute approximate surface area is 148 Å². The number of β-amino-alcohol motifs (C(OH)–C–C–N with tert-alkyl or cyclic N) is 1. The van der Waals surface area contributed by atoms with Gasteiger partial charge in [0.15, 0.2) is 5.82 Å². The molecule has 0 bridgehead atoms. The van der Waals surface area contributed by atoms with Gasteiger partial charge in [-0.1, -0.05) is 30.3 Å². The highest BCUT2D eigenvalue weighted by Gasteiger charge is 2.40. The summed E-state index contributed by atoms with van der Waals surface area (Å²) in [5.41, 5.74) is 2.01. The first-order valence-electron chi connectivity index (χ1n) is 8.53. The third-order valence-electron chi connectivity index (χ3n) is 5.09. The second-order valence-electron chi connectivity index (χ2n) is 6.72. The monoisotopic (exact) mass is 347 g/mol. The van der Waals surface area contributed by atoms with Crippen LogP contribution in [0.5, 0.6) is 0 Å². The molecule has 0 spiro atoms. The zero-order valence-corrected chi connectivity index (χ0v) is 13.9. The molecule has 7 heteroatoms. The van der Waals surface area contributed by atoms with E-state index >= 15 is 0 Å². The number of nitrogens with zero attached hydrogens (tertiary/aromatic N) is 3. The number of aliphatic hydroxyl groups is 1. The molecule has 0 aliphatic carbocycles. The molecule has 3 N–H and O–H groups in total. The van der Waals surface area contributed by atoms with Crippen LogP contribution in [0.1, 0.15) is 22.6 Å². The van der Waals surface area contributed by atoms with Crippen LogP contribution in [0.2, 0.25) is 0 Å². The van der Waals surface area contributed by atoms with Gasteiger partial charge in [-0.05, 0) is 18.1 Å². The Kier molecular flexibility index (Phi) is 3.14. The number of nitrogens with one attached hydrogen (secondary N) is 2. The van der Waals surface area contributed by atoms with Crippen LogP contribution in [0, 0.1) is 0 Å². The minimum atomic E-state index is -1.02. The molecule has 5 rings (SSSR count). The molecule has 26 heavy (non-hydrogen) atoms. The van der Waals surface area contributed by atoms with Crippen LogP contribution in [0.4, 0.5) is 0 Å². The van der Waals surface area contributed by atoms with E-state index in [1.165, 1.54) is 0 Å². The summed E-state index contributed by atoms with van der Waals surface area (Å²) in [4.78, 5) is 29.4. The summed E-state index contributed by atoms with van der Waals surface area (Å²) in [5.74, 6) is 0.0598. The lowest BCUT2D eigenvalue weighted by molar-refractivity contribution is 0.0414. The van der Waals surface area contributed by atoms with Gasteiger partial charge in [0.1, 0.15) is 16.8 Å². The Morgan fingerprint density at radius 2 is 2.08 bits per heavy atom. The number of carbonyl (C=O) groups is 1. The summed E-state index contributed by atoms with van der Waals surface area (Å²) in [6.07, 6.45) is 3.96. The second-order valence-corrected chi connectivity index (χ2v) is 6.72.